The summed E-state index contributed by atoms with van der Waals surface area (Å²) in [4.78, 5) is 6.00. The number of aromatic nitrogens is 1. The van der Waals surface area contributed by atoms with E-state index in [0.29, 0.717) is 0 Å². The van der Waals surface area contributed by atoms with Crippen LogP contribution < -0.4 is 11.1 Å². The number of aryl methyl sites for hydroxylation is 2. The Bertz CT molecular complexity index is 639. The van der Waals surface area contributed by atoms with Crippen LogP contribution in [0.5, 0.6) is 0 Å². The van der Waals surface area contributed by atoms with Crippen molar-refractivity contribution < 1.29 is 4.39 Å². The summed E-state index contributed by atoms with van der Waals surface area (Å²) in [6, 6.07) is 5.08. The number of hydrogen-bond acceptors (Lipinski definition) is 4. The summed E-state index contributed by atoms with van der Waals surface area (Å²) in [6.45, 7) is 1.68. The number of nitrogens with zero attached hydrogens (tertiary/aromatic N) is 1. The van der Waals surface area contributed by atoms with E-state index in [0.717, 1.165) is 68.0 Å². The van der Waals surface area contributed by atoms with E-state index in [1.165, 1.54) is 10.4 Å². The van der Waals surface area contributed by atoms with Gasteiger partial charge in [-0.1, -0.05) is 12.5 Å². The second-order valence-electron chi connectivity index (χ2n) is 5.72. The molecule has 118 valence electrons. The monoisotopic (exact) mass is 319 g/mol. The van der Waals surface area contributed by atoms with Gasteiger partial charge in [-0.15, -0.1) is 11.3 Å². The van der Waals surface area contributed by atoms with Gasteiger partial charge in [-0.2, -0.15) is 0 Å². The summed E-state index contributed by atoms with van der Waals surface area (Å²) in [5, 5.41) is 4.35. The van der Waals surface area contributed by atoms with Crippen molar-refractivity contribution in [2.45, 2.75) is 38.5 Å². The van der Waals surface area contributed by atoms with Crippen molar-refractivity contribution >= 4 is 16.5 Å². The van der Waals surface area contributed by atoms with Gasteiger partial charge in [0.15, 0.2) is 5.13 Å². The van der Waals surface area contributed by atoms with Crippen LogP contribution in [-0.2, 0) is 12.8 Å². The Labute approximate surface area is 134 Å². The first kappa shape index (κ1) is 15.4. The molecule has 0 fully saturated rings. The Morgan fingerprint density at radius 3 is 3.00 bits per heavy atom. The molecular formula is C17H22FN3S. The molecule has 0 aliphatic heterocycles. The zero-order valence-electron chi connectivity index (χ0n) is 12.7. The number of rotatable bonds is 6. The van der Waals surface area contributed by atoms with Gasteiger partial charge >= 0.3 is 0 Å². The van der Waals surface area contributed by atoms with E-state index in [9.17, 15) is 4.39 Å². The number of fused-ring (bicyclic) bond motifs is 3. The van der Waals surface area contributed by atoms with E-state index in [2.05, 4.69) is 5.32 Å². The van der Waals surface area contributed by atoms with Crippen molar-refractivity contribution in [3.63, 3.8) is 0 Å². The van der Waals surface area contributed by atoms with Gasteiger partial charge in [0.25, 0.3) is 0 Å². The highest BCUT2D eigenvalue weighted by atomic mass is 32.1. The predicted octanol–water partition coefficient (Wildman–Crippen LogP) is 3.98. The van der Waals surface area contributed by atoms with Crippen LogP contribution in [0.25, 0.3) is 11.3 Å². The number of anilines is 1. The minimum Gasteiger partial charge on any atom is -0.361 e. The molecule has 0 unspecified atom stereocenters. The fourth-order valence-corrected chi connectivity index (χ4v) is 3.92. The Morgan fingerprint density at radius 1 is 1.23 bits per heavy atom. The zero-order valence-corrected chi connectivity index (χ0v) is 13.5. The van der Waals surface area contributed by atoms with Crippen molar-refractivity contribution in [2.75, 3.05) is 18.4 Å². The van der Waals surface area contributed by atoms with Gasteiger partial charge in [0, 0.05) is 17.0 Å². The molecule has 1 aromatic carbocycles. The third-order valence-corrected chi connectivity index (χ3v) is 5.10. The number of halogens is 1. The standard InChI is InChI=1S/C17H22FN3S/c18-13-8-7-12-5-4-6-15-16(14(12)11-13)21-17(22-15)20-10-3-1-2-9-19/h7-8,11H,1-6,9-10,19H2,(H,20,21). The average molecular weight is 319 g/mol. The average Bonchev–Trinajstić information content (AvgIpc) is 2.84. The van der Waals surface area contributed by atoms with Crippen molar-refractivity contribution in [3.8, 4) is 11.3 Å². The number of nitrogens with two attached hydrogens (primary N) is 1. The van der Waals surface area contributed by atoms with E-state index in [1.54, 1.807) is 23.5 Å². The molecule has 3 rings (SSSR count). The molecule has 0 spiro atoms. The lowest BCUT2D eigenvalue weighted by Crippen LogP contribution is -2.03. The van der Waals surface area contributed by atoms with Crippen molar-refractivity contribution in [2.24, 2.45) is 5.73 Å². The van der Waals surface area contributed by atoms with E-state index in [1.807, 2.05) is 6.07 Å². The van der Waals surface area contributed by atoms with Crippen LogP contribution in [0.15, 0.2) is 18.2 Å². The van der Waals surface area contributed by atoms with Gasteiger partial charge in [0.2, 0.25) is 0 Å². The van der Waals surface area contributed by atoms with Gasteiger partial charge in [0.1, 0.15) is 5.82 Å². The summed E-state index contributed by atoms with van der Waals surface area (Å²) in [6.07, 6.45) is 6.44. The largest absolute Gasteiger partial charge is 0.361 e. The molecule has 1 heterocycles. The quantitative estimate of drug-likeness (QED) is 0.792. The minimum absolute atomic E-state index is 0.184. The SMILES string of the molecule is NCCCCCNc1nc2c(s1)CCCc1ccc(F)cc1-2. The summed E-state index contributed by atoms with van der Waals surface area (Å²) >= 11 is 1.71. The first-order valence-corrected chi connectivity index (χ1v) is 8.82. The minimum atomic E-state index is -0.184. The van der Waals surface area contributed by atoms with Crippen LogP contribution in [0, 0.1) is 5.82 Å². The Morgan fingerprint density at radius 2 is 2.14 bits per heavy atom. The van der Waals surface area contributed by atoms with Gasteiger partial charge < -0.3 is 11.1 Å². The predicted molar refractivity (Wildman–Crippen MR) is 90.9 cm³/mol. The van der Waals surface area contributed by atoms with E-state index < -0.39 is 0 Å². The molecule has 5 heteroatoms. The molecular weight excluding hydrogens is 297 g/mol. The number of hydrogen-bond donors (Lipinski definition) is 2. The lowest BCUT2D eigenvalue weighted by Gasteiger charge is -2.05. The van der Waals surface area contributed by atoms with Crippen LogP contribution in [0.1, 0.15) is 36.1 Å². The van der Waals surface area contributed by atoms with Crippen molar-refractivity contribution in [1.82, 2.24) is 4.98 Å². The summed E-state index contributed by atoms with van der Waals surface area (Å²) in [5.74, 6) is -0.184. The van der Waals surface area contributed by atoms with Gasteiger partial charge in [0.05, 0.1) is 5.69 Å². The molecule has 3 nitrogen and oxygen atoms in total. The van der Waals surface area contributed by atoms with Gasteiger partial charge in [-0.05, 0) is 56.3 Å². The first-order chi connectivity index (χ1) is 10.8. The summed E-state index contributed by atoms with van der Waals surface area (Å²) < 4.78 is 13.6. The fraction of sp³-hybridized carbons (Fsp3) is 0.471. The molecule has 22 heavy (non-hydrogen) atoms. The lowest BCUT2D eigenvalue weighted by molar-refractivity contribution is 0.627. The molecule has 1 aliphatic rings. The van der Waals surface area contributed by atoms with Crippen LogP contribution >= 0.6 is 11.3 Å². The van der Waals surface area contributed by atoms with Crippen molar-refractivity contribution in [1.29, 1.82) is 0 Å². The summed E-state index contributed by atoms with van der Waals surface area (Å²) in [7, 11) is 0. The fourth-order valence-electron chi connectivity index (χ4n) is 2.88. The third kappa shape index (κ3) is 3.47. The molecule has 0 saturated carbocycles. The maximum absolute atomic E-state index is 13.6. The molecule has 1 aliphatic carbocycles. The van der Waals surface area contributed by atoms with E-state index in [-0.39, 0.29) is 5.82 Å². The van der Waals surface area contributed by atoms with Crippen LogP contribution in [0.3, 0.4) is 0 Å². The maximum atomic E-state index is 13.6. The highest BCUT2D eigenvalue weighted by molar-refractivity contribution is 7.16. The first-order valence-electron chi connectivity index (χ1n) is 8.00. The van der Waals surface area contributed by atoms with Crippen LogP contribution in [0.4, 0.5) is 9.52 Å². The van der Waals surface area contributed by atoms with Gasteiger partial charge in [-0.25, -0.2) is 9.37 Å². The van der Waals surface area contributed by atoms with Gasteiger partial charge in [-0.3, -0.25) is 0 Å². The topological polar surface area (TPSA) is 50.9 Å². The smallest absolute Gasteiger partial charge is 0.183 e. The number of thiazole rings is 1. The Kier molecular flexibility index (Phi) is 5.05. The molecule has 1 aromatic heterocycles. The third-order valence-electron chi connectivity index (χ3n) is 4.03. The van der Waals surface area contributed by atoms with E-state index in [4.69, 9.17) is 10.7 Å². The number of nitrogens with one attached hydrogen (secondary N) is 1. The molecule has 0 saturated heterocycles. The second kappa shape index (κ2) is 7.20. The number of unbranched alkanes of at least 4 members (excludes halogenated alkanes) is 2. The molecule has 2 aromatic rings. The van der Waals surface area contributed by atoms with Crippen LogP contribution in [0.2, 0.25) is 0 Å². The summed E-state index contributed by atoms with van der Waals surface area (Å²) in [5.41, 5.74) is 8.65. The maximum Gasteiger partial charge on any atom is 0.183 e. The molecule has 0 bridgehead atoms. The second-order valence-corrected chi connectivity index (χ2v) is 6.81. The molecule has 0 amide bonds. The zero-order chi connectivity index (χ0) is 15.4. The highest BCUT2D eigenvalue weighted by Gasteiger charge is 2.19. The molecule has 0 atom stereocenters. The highest BCUT2D eigenvalue weighted by Crippen LogP contribution is 2.37. The molecule has 0 radical (unpaired) electrons. The Balaban J connectivity index is 1.76. The van der Waals surface area contributed by atoms with Crippen molar-refractivity contribution in [3.05, 3.63) is 34.5 Å². The molecule has 3 N–H and O–H groups in total. The van der Waals surface area contributed by atoms with E-state index >= 15 is 0 Å². The Hall–Kier alpha value is -1.46. The lowest BCUT2D eigenvalue weighted by atomic mass is 10.0. The van der Waals surface area contributed by atoms with Crippen LogP contribution in [-0.4, -0.2) is 18.1 Å². The normalized spacial score (nSPS) is 13.4. The number of benzene rings is 1.